The van der Waals surface area contributed by atoms with Crippen LogP contribution in [0.5, 0.6) is 0 Å². The summed E-state index contributed by atoms with van der Waals surface area (Å²) < 4.78 is 7.09. The number of likely N-dealkylation sites (tertiary alicyclic amines) is 1. The average molecular weight is 366 g/mol. The van der Waals surface area contributed by atoms with Gasteiger partial charge in [-0.1, -0.05) is 5.16 Å². The number of rotatable bonds is 3. The summed E-state index contributed by atoms with van der Waals surface area (Å²) in [6, 6.07) is 1.89. The summed E-state index contributed by atoms with van der Waals surface area (Å²) in [6.07, 6.45) is 6.83. The van der Waals surface area contributed by atoms with Crippen molar-refractivity contribution < 1.29 is 9.32 Å². The minimum absolute atomic E-state index is 0.0489. The minimum atomic E-state index is 0.0489. The van der Waals surface area contributed by atoms with Crippen molar-refractivity contribution in [2.75, 3.05) is 13.1 Å². The van der Waals surface area contributed by atoms with Crippen LogP contribution in [-0.2, 0) is 7.05 Å². The topological polar surface area (TPSA) is 89.9 Å². The molecule has 4 rings (SSSR count). The Morgan fingerprint density at radius 1 is 1.26 bits per heavy atom. The van der Waals surface area contributed by atoms with Gasteiger partial charge in [0.05, 0.1) is 28.2 Å². The predicted octanol–water partition coefficient (Wildman–Crippen LogP) is 2.50. The van der Waals surface area contributed by atoms with Gasteiger partial charge in [0.15, 0.2) is 5.76 Å². The second-order valence-electron chi connectivity index (χ2n) is 7.02. The van der Waals surface area contributed by atoms with Crippen molar-refractivity contribution in [3.63, 3.8) is 0 Å². The van der Waals surface area contributed by atoms with Gasteiger partial charge in [-0.05, 0) is 26.7 Å². The Kier molecular flexibility index (Phi) is 4.47. The van der Waals surface area contributed by atoms with E-state index in [1.54, 1.807) is 23.4 Å². The smallest absolute Gasteiger partial charge is 0.257 e. The molecule has 0 aliphatic carbocycles. The van der Waals surface area contributed by atoms with Gasteiger partial charge in [0.1, 0.15) is 6.33 Å². The van der Waals surface area contributed by atoms with Crippen molar-refractivity contribution in [2.24, 2.45) is 7.05 Å². The molecule has 8 nitrogen and oxygen atoms in total. The van der Waals surface area contributed by atoms with Gasteiger partial charge in [0.25, 0.3) is 5.91 Å². The Labute approximate surface area is 157 Å². The molecule has 1 saturated heterocycles. The SMILES string of the molecule is Cc1cc(-c2cncnc2C2CCN(C(=O)c3cn(C)nc3C)CC2)on1. The molecule has 0 unspecified atom stereocenters. The van der Waals surface area contributed by atoms with Crippen LogP contribution in [0.2, 0.25) is 0 Å². The number of nitrogens with zero attached hydrogens (tertiary/aromatic N) is 6. The summed E-state index contributed by atoms with van der Waals surface area (Å²) in [7, 11) is 1.83. The van der Waals surface area contributed by atoms with E-state index in [-0.39, 0.29) is 11.8 Å². The van der Waals surface area contributed by atoms with Crippen LogP contribution in [0, 0.1) is 13.8 Å². The maximum absolute atomic E-state index is 12.8. The lowest BCUT2D eigenvalue weighted by atomic mass is 9.90. The van der Waals surface area contributed by atoms with Gasteiger partial charge < -0.3 is 9.42 Å². The number of carbonyl (C=O) groups excluding carboxylic acids is 1. The molecule has 0 bridgehead atoms. The van der Waals surface area contributed by atoms with E-state index in [1.807, 2.05) is 31.9 Å². The van der Waals surface area contributed by atoms with Crippen LogP contribution in [0.15, 0.2) is 29.3 Å². The van der Waals surface area contributed by atoms with Gasteiger partial charge in [-0.25, -0.2) is 9.97 Å². The highest BCUT2D eigenvalue weighted by molar-refractivity contribution is 5.95. The van der Waals surface area contributed by atoms with Crippen molar-refractivity contribution in [2.45, 2.75) is 32.6 Å². The van der Waals surface area contributed by atoms with Crippen molar-refractivity contribution >= 4 is 5.91 Å². The summed E-state index contributed by atoms with van der Waals surface area (Å²) >= 11 is 0. The second kappa shape index (κ2) is 6.94. The first-order valence-corrected chi connectivity index (χ1v) is 9.06. The fraction of sp³-hybridized carbons (Fsp3) is 0.421. The van der Waals surface area contributed by atoms with E-state index in [4.69, 9.17) is 4.52 Å². The Bertz CT molecular complexity index is 968. The van der Waals surface area contributed by atoms with Crippen LogP contribution >= 0.6 is 0 Å². The van der Waals surface area contributed by atoms with Crippen molar-refractivity contribution in [1.29, 1.82) is 0 Å². The van der Waals surface area contributed by atoms with Gasteiger partial charge in [-0.2, -0.15) is 5.10 Å². The van der Waals surface area contributed by atoms with Crippen molar-refractivity contribution in [3.8, 4) is 11.3 Å². The van der Waals surface area contributed by atoms with Crippen LogP contribution in [0.1, 0.15) is 46.2 Å². The molecule has 0 aromatic carbocycles. The van der Waals surface area contributed by atoms with Crippen LogP contribution in [-0.4, -0.2) is 48.8 Å². The molecule has 0 saturated carbocycles. The number of aromatic nitrogens is 5. The lowest BCUT2D eigenvalue weighted by Gasteiger charge is -2.32. The zero-order chi connectivity index (χ0) is 19.0. The van der Waals surface area contributed by atoms with E-state index in [0.717, 1.165) is 35.5 Å². The molecule has 1 amide bonds. The molecule has 1 aliphatic rings. The normalized spacial score (nSPS) is 15.3. The zero-order valence-corrected chi connectivity index (χ0v) is 15.7. The fourth-order valence-electron chi connectivity index (χ4n) is 3.68. The molecule has 27 heavy (non-hydrogen) atoms. The highest BCUT2D eigenvalue weighted by Gasteiger charge is 2.29. The van der Waals surface area contributed by atoms with Crippen LogP contribution in [0.25, 0.3) is 11.3 Å². The van der Waals surface area contributed by atoms with E-state index in [9.17, 15) is 4.79 Å². The molecule has 3 aromatic heterocycles. The molecule has 140 valence electrons. The lowest BCUT2D eigenvalue weighted by Crippen LogP contribution is -2.38. The zero-order valence-electron chi connectivity index (χ0n) is 15.7. The summed E-state index contributed by atoms with van der Waals surface area (Å²) in [5, 5.41) is 8.24. The maximum atomic E-state index is 12.8. The van der Waals surface area contributed by atoms with Gasteiger partial charge in [0, 0.05) is 44.5 Å². The minimum Gasteiger partial charge on any atom is -0.356 e. The monoisotopic (exact) mass is 366 g/mol. The third-order valence-corrected chi connectivity index (χ3v) is 5.05. The number of amides is 1. The van der Waals surface area contributed by atoms with E-state index in [0.29, 0.717) is 24.4 Å². The number of hydrogen-bond acceptors (Lipinski definition) is 6. The maximum Gasteiger partial charge on any atom is 0.257 e. The van der Waals surface area contributed by atoms with Gasteiger partial charge in [0.2, 0.25) is 0 Å². The van der Waals surface area contributed by atoms with Crippen LogP contribution < -0.4 is 0 Å². The second-order valence-corrected chi connectivity index (χ2v) is 7.02. The molecule has 1 fully saturated rings. The highest BCUT2D eigenvalue weighted by Crippen LogP contribution is 2.34. The Morgan fingerprint density at radius 2 is 2.04 bits per heavy atom. The van der Waals surface area contributed by atoms with Gasteiger partial charge >= 0.3 is 0 Å². The summed E-state index contributed by atoms with van der Waals surface area (Å²) in [5.41, 5.74) is 4.11. The standard InChI is InChI=1S/C19H22N6O2/c1-12-8-17(27-23-12)15-9-20-11-21-18(15)14-4-6-25(7-5-14)19(26)16-10-24(3)22-13(16)2/h8-11,14H,4-7H2,1-3H3. The summed E-state index contributed by atoms with van der Waals surface area (Å²) in [4.78, 5) is 23.4. The van der Waals surface area contributed by atoms with Crippen LogP contribution in [0.3, 0.4) is 0 Å². The third-order valence-electron chi connectivity index (χ3n) is 5.05. The number of piperidine rings is 1. The largest absolute Gasteiger partial charge is 0.356 e. The average Bonchev–Trinajstić information content (AvgIpc) is 3.26. The molecule has 3 aromatic rings. The first-order chi connectivity index (χ1) is 13.0. The predicted molar refractivity (Wildman–Crippen MR) is 98.1 cm³/mol. The molecule has 0 radical (unpaired) electrons. The highest BCUT2D eigenvalue weighted by atomic mass is 16.5. The summed E-state index contributed by atoms with van der Waals surface area (Å²) in [6.45, 7) is 5.14. The molecule has 0 atom stereocenters. The number of carbonyl (C=O) groups is 1. The van der Waals surface area contributed by atoms with E-state index < -0.39 is 0 Å². The fourth-order valence-corrected chi connectivity index (χ4v) is 3.68. The van der Waals surface area contributed by atoms with Gasteiger partial charge in [-0.15, -0.1) is 0 Å². The van der Waals surface area contributed by atoms with E-state index >= 15 is 0 Å². The third kappa shape index (κ3) is 3.34. The molecule has 0 N–H and O–H groups in total. The van der Waals surface area contributed by atoms with Gasteiger partial charge in [-0.3, -0.25) is 9.48 Å². The summed E-state index contributed by atoms with van der Waals surface area (Å²) in [5.74, 6) is 0.993. The van der Waals surface area contributed by atoms with Crippen molar-refractivity contribution in [3.05, 3.63) is 47.4 Å². The van der Waals surface area contributed by atoms with Crippen molar-refractivity contribution in [1.82, 2.24) is 29.8 Å². The first kappa shape index (κ1) is 17.4. The molecule has 8 heteroatoms. The quantitative estimate of drug-likeness (QED) is 0.707. The Balaban J connectivity index is 1.50. The Hall–Kier alpha value is -3.03. The Morgan fingerprint density at radius 3 is 2.67 bits per heavy atom. The lowest BCUT2D eigenvalue weighted by molar-refractivity contribution is 0.0711. The molecular formula is C19H22N6O2. The van der Waals surface area contributed by atoms with E-state index in [2.05, 4.69) is 20.2 Å². The van der Waals surface area contributed by atoms with E-state index in [1.165, 1.54) is 0 Å². The number of aryl methyl sites for hydroxylation is 3. The molecule has 4 heterocycles. The van der Waals surface area contributed by atoms with Crippen LogP contribution in [0.4, 0.5) is 0 Å². The first-order valence-electron chi connectivity index (χ1n) is 9.06. The molecule has 1 aliphatic heterocycles. The molecule has 0 spiro atoms. The molecular weight excluding hydrogens is 344 g/mol. The number of hydrogen-bond donors (Lipinski definition) is 0.